The summed E-state index contributed by atoms with van der Waals surface area (Å²) in [6.45, 7) is 5.30. The van der Waals surface area contributed by atoms with E-state index in [0.717, 1.165) is 18.1 Å². The van der Waals surface area contributed by atoms with Crippen molar-refractivity contribution in [2.24, 2.45) is 0 Å². The number of carbonyl (C=O) groups excluding carboxylic acids is 1. The fourth-order valence-electron chi connectivity index (χ4n) is 3.67. The van der Waals surface area contributed by atoms with Gasteiger partial charge in [0.2, 0.25) is 0 Å². The Hall–Kier alpha value is -2.51. The Balaban J connectivity index is 1.43. The van der Waals surface area contributed by atoms with Gasteiger partial charge in [0.25, 0.3) is 5.91 Å². The number of carbonyl (C=O) groups is 1. The minimum Gasteiger partial charge on any atom is -0.347 e. The Bertz CT molecular complexity index is 766. The fraction of sp³-hybridized carbons (Fsp3) is 0.450. The third-order valence-corrected chi connectivity index (χ3v) is 5.16. The van der Waals surface area contributed by atoms with E-state index in [9.17, 15) is 4.79 Å². The zero-order valence-corrected chi connectivity index (χ0v) is 15.5. The first-order chi connectivity index (χ1) is 13.2. The zero-order valence-electron chi connectivity index (χ0n) is 15.5. The number of amides is 1. The van der Waals surface area contributed by atoms with Gasteiger partial charge in [0.15, 0.2) is 17.3 Å². The molecule has 0 atom stereocenters. The van der Waals surface area contributed by atoms with Crippen LogP contribution in [0.25, 0.3) is 0 Å². The van der Waals surface area contributed by atoms with Crippen LogP contribution in [-0.2, 0) is 9.47 Å². The Labute approximate surface area is 158 Å². The average molecular weight is 368 g/mol. The first-order valence-electron chi connectivity index (χ1n) is 9.44. The highest BCUT2D eigenvalue weighted by atomic mass is 16.7. The zero-order chi connectivity index (χ0) is 18.7. The van der Waals surface area contributed by atoms with Crippen LogP contribution in [0.3, 0.4) is 0 Å². The number of para-hydroxylation sites is 1. The van der Waals surface area contributed by atoms with Gasteiger partial charge in [0.1, 0.15) is 0 Å². The first-order valence-corrected chi connectivity index (χ1v) is 9.44. The molecule has 2 aliphatic rings. The van der Waals surface area contributed by atoms with Crippen LogP contribution in [0, 0.1) is 0 Å². The molecule has 0 aliphatic carbocycles. The Kier molecular flexibility index (Phi) is 5.05. The SMILES string of the molecule is CCN(c1ccccc1)c1ccc(C(=O)N2CCC3(CC2)OCCO3)nn1. The summed E-state index contributed by atoms with van der Waals surface area (Å²) < 4.78 is 11.4. The van der Waals surface area contributed by atoms with E-state index in [4.69, 9.17) is 9.47 Å². The molecule has 0 unspecified atom stereocenters. The molecule has 3 heterocycles. The number of aromatic nitrogens is 2. The highest BCUT2D eigenvalue weighted by Gasteiger charge is 2.41. The highest BCUT2D eigenvalue weighted by molar-refractivity contribution is 5.92. The summed E-state index contributed by atoms with van der Waals surface area (Å²) in [4.78, 5) is 16.6. The van der Waals surface area contributed by atoms with Crippen LogP contribution in [-0.4, -0.2) is 59.6 Å². The monoisotopic (exact) mass is 368 g/mol. The molecular weight excluding hydrogens is 344 g/mol. The molecule has 2 aliphatic heterocycles. The molecule has 0 saturated carbocycles. The van der Waals surface area contributed by atoms with E-state index in [-0.39, 0.29) is 5.91 Å². The van der Waals surface area contributed by atoms with Crippen LogP contribution in [0.5, 0.6) is 0 Å². The first kappa shape index (κ1) is 17.9. The predicted molar refractivity (Wildman–Crippen MR) is 101 cm³/mol. The van der Waals surface area contributed by atoms with Crippen molar-refractivity contribution in [3.8, 4) is 0 Å². The van der Waals surface area contributed by atoms with Crippen LogP contribution < -0.4 is 4.90 Å². The second kappa shape index (κ2) is 7.62. The standard InChI is InChI=1S/C20H24N4O3/c1-2-24(16-6-4-3-5-7-16)18-9-8-17(21-22-18)19(25)23-12-10-20(11-13-23)26-14-15-27-20/h3-9H,2,10-15H2,1H3. The maximum absolute atomic E-state index is 12.8. The molecule has 0 radical (unpaired) electrons. The van der Waals surface area contributed by atoms with Gasteiger partial charge in [-0.15, -0.1) is 10.2 Å². The molecule has 2 aromatic rings. The van der Waals surface area contributed by atoms with E-state index in [2.05, 4.69) is 22.0 Å². The van der Waals surface area contributed by atoms with Crippen LogP contribution in [0.1, 0.15) is 30.3 Å². The van der Waals surface area contributed by atoms with Crippen molar-refractivity contribution < 1.29 is 14.3 Å². The highest BCUT2D eigenvalue weighted by Crippen LogP contribution is 2.31. The Morgan fingerprint density at radius 3 is 2.37 bits per heavy atom. The maximum atomic E-state index is 12.8. The van der Waals surface area contributed by atoms with Crippen LogP contribution in [0.2, 0.25) is 0 Å². The van der Waals surface area contributed by atoms with Crippen molar-refractivity contribution in [1.82, 2.24) is 15.1 Å². The minimum atomic E-state index is -0.483. The summed E-state index contributed by atoms with van der Waals surface area (Å²) in [5, 5.41) is 8.48. The second-order valence-corrected chi connectivity index (χ2v) is 6.76. The van der Waals surface area contributed by atoms with E-state index in [0.29, 0.717) is 44.8 Å². The van der Waals surface area contributed by atoms with Crippen molar-refractivity contribution in [3.05, 3.63) is 48.2 Å². The van der Waals surface area contributed by atoms with Crippen LogP contribution >= 0.6 is 0 Å². The molecular formula is C20H24N4O3. The van der Waals surface area contributed by atoms with Crippen molar-refractivity contribution in [2.75, 3.05) is 37.7 Å². The Morgan fingerprint density at radius 1 is 1.07 bits per heavy atom. The van der Waals surface area contributed by atoms with E-state index in [1.165, 1.54) is 0 Å². The van der Waals surface area contributed by atoms with E-state index in [1.54, 1.807) is 11.0 Å². The third kappa shape index (κ3) is 3.65. The number of nitrogens with zero attached hydrogens (tertiary/aromatic N) is 4. The molecule has 7 heteroatoms. The van der Waals surface area contributed by atoms with Gasteiger partial charge in [-0.1, -0.05) is 18.2 Å². The lowest BCUT2D eigenvalue weighted by Crippen LogP contribution is -2.47. The minimum absolute atomic E-state index is 0.0929. The summed E-state index contributed by atoms with van der Waals surface area (Å²) >= 11 is 0. The fourth-order valence-corrected chi connectivity index (χ4v) is 3.67. The molecule has 2 saturated heterocycles. The van der Waals surface area contributed by atoms with Gasteiger partial charge >= 0.3 is 0 Å². The van der Waals surface area contributed by atoms with Gasteiger partial charge in [0.05, 0.1) is 13.2 Å². The third-order valence-electron chi connectivity index (χ3n) is 5.16. The molecule has 1 aromatic heterocycles. The number of piperidine rings is 1. The lowest BCUT2D eigenvalue weighted by atomic mass is 10.0. The summed E-state index contributed by atoms with van der Waals surface area (Å²) in [7, 11) is 0. The second-order valence-electron chi connectivity index (χ2n) is 6.76. The van der Waals surface area contributed by atoms with Crippen molar-refractivity contribution in [1.29, 1.82) is 0 Å². The molecule has 0 bridgehead atoms. The average Bonchev–Trinajstić information content (AvgIpc) is 3.18. The number of hydrogen-bond acceptors (Lipinski definition) is 6. The molecule has 2 fully saturated rings. The quantitative estimate of drug-likeness (QED) is 0.826. The lowest BCUT2D eigenvalue weighted by Gasteiger charge is -2.37. The van der Waals surface area contributed by atoms with Gasteiger partial charge in [-0.3, -0.25) is 4.79 Å². The maximum Gasteiger partial charge on any atom is 0.274 e. The molecule has 27 heavy (non-hydrogen) atoms. The lowest BCUT2D eigenvalue weighted by molar-refractivity contribution is -0.181. The number of rotatable bonds is 4. The van der Waals surface area contributed by atoms with Crippen LogP contribution in [0.4, 0.5) is 11.5 Å². The number of benzene rings is 1. The number of likely N-dealkylation sites (tertiary alicyclic amines) is 1. The molecule has 4 rings (SSSR count). The molecule has 1 spiro atoms. The topological polar surface area (TPSA) is 67.8 Å². The number of anilines is 2. The number of ether oxygens (including phenoxy) is 2. The normalized spacial score (nSPS) is 18.6. The van der Waals surface area contributed by atoms with Crippen molar-refractivity contribution in [3.63, 3.8) is 0 Å². The van der Waals surface area contributed by atoms with E-state index in [1.807, 2.05) is 36.4 Å². The van der Waals surface area contributed by atoms with Gasteiger partial charge in [-0.2, -0.15) is 0 Å². The summed E-state index contributed by atoms with van der Waals surface area (Å²) in [6, 6.07) is 13.6. The predicted octanol–water partition coefficient (Wildman–Crippen LogP) is 2.61. The van der Waals surface area contributed by atoms with Gasteiger partial charge in [0, 0.05) is 38.2 Å². The molecule has 7 nitrogen and oxygen atoms in total. The smallest absolute Gasteiger partial charge is 0.274 e. The molecule has 0 N–H and O–H groups in total. The summed E-state index contributed by atoms with van der Waals surface area (Å²) in [5.41, 5.74) is 1.42. The molecule has 1 aromatic carbocycles. The largest absolute Gasteiger partial charge is 0.347 e. The van der Waals surface area contributed by atoms with Crippen molar-refractivity contribution >= 4 is 17.4 Å². The van der Waals surface area contributed by atoms with Crippen LogP contribution in [0.15, 0.2) is 42.5 Å². The molecule has 142 valence electrons. The van der Waals surface area contributed by atoms with Gasteiger partial charge in [-0.05, 0) is 31.2 Å². The van der Waals surface area contributed by atoms with E-state index >= 15 is 0 Å². The van der Waals surface area contributed by atoms with Gasteiger partial charge in [-0.25, -0.2) is 0 Å². The summed E-state index contributed by atoms with van der Waals surface area (Å²) in [5.74, 6) is 0.152. The number of hydrogen-bond donors (Lipinski definition) is 0. The molecule has 1 amide bonds. The van der Waals surface area contributed by atoms with E-state index < -0.39 is 5.79 Å². The summed E-state index contributed by atoms with van der Waals surface area (Å²) in [6.07, 6.45) is 1.39. The Morgan fingerprint density at radius 2 is 1.78 bits per heavy atom. The van der Waals surface area contributed by atoms with Crippen molar-refractivity contribution in [2.45, 2.75) is 25.6 Å². The van der Waals surface area contributed by atoms with Gasteiger partial charge < -0.3 is 19.3 Å².